The standard InChI is InChI=1S/C8H8OS/c10-9-7-6-8-4-2-1-3-5-8/h1-7,10H. The SMILES string of the molecule is SOC=Cc1ccccc1. The van der Waals surface area contributed by atoms with E-state index in [1.54, 1.807) is 0 Å². The number of hydrogen-bond donors (Lipinski definition) is 1. The minimum absolute atomic E-state index is 1.11. The van der Waals surface area contributed by atoms with E-state index in [1.165, 1.54) is 6.26 Å². The molecule has 1 aromatic rings. The molecule has 0 saturated carbocycles. The Bertz CT molecular complexity index is 206. The van der Waals surface area contributed by atoms with Crippen LogP contribution in [0.25, 0.3) is 6.08 Å². The predicted octanol–water partition coefficient (Wildman–Crippen LogP) is 2.52. The van der Waals surface area contributed by atoms with Gasteiger partial charge in [0.15, 0.2) is 0 Å². The molecule has 1 rings (SSSR count). The van der Waals surface area contributed by atoms with Crippen molar-refractivity contribution in [1.82, 2.24) is 0 Å². The lowest BCUT2D eigenvalue weighted by Gasteiger charge is -1.88. The van der Waals surface area contributed by atoms with Gasteiger partial charge in [0.05, 0.1) is 0 Å². The summed E-state index contributed by atoms with van der Waals surface area (Å²) in [6.45, 7) is 0. The number of benzene rings is 1. The van der Waals surface area contributed by atoms with Crippen molar-refractivity contribution >= 4 is 19.0 Å². The summed E-state index contributed by atoms with van der Waals surface area (Å²) in [7, 11) is 0. The van der Waals surface area contributed by atoms with Crippen molar-refractivity contribution in [2.75, 3.05) is 0 Å². The zero-order valence-corrected chi connectivity index (χ0v) is 6.29. The molecule has 1 aromatic carbocycles. The van der Waals surface area contributed by atoms with Crippen LogP contribution in [-0.4, -0.2) is 0 Å². The van der Waals surface area contributed by atoms with Gasteiger partial charge in [0.25, 0.3) is 0 Å². The maximum Gasteiger partial charge on any atom is 0.101 e. The third-order valence-corrected chi connectivity index (χ3v) is 1.24. The average Bonchev–Trinajstić information content (AvgIpc) is 2.03. The van der Waals surface area contributed by atoms with Crippen LogP contribution in [0.3, 0.4) is 0 Å². The van der Waals surface area contributed by atoms with Gasteiger partial charge in [-0.2, -0.15) is 0 Å². The Labute approximate surface area is 65.9 Å². The van der Waals surface area contributed by atoms with E-state index in [2.05, 4.69) is 17.1 Å². The van der Waals surface area contributed by atoms with Crippen LogP contribution in [0.15, 0.2) is 36.6 Å². The maximum atomic E-state index is 4.46. The Morgan fingerprint density at radius 2 is 1.90 bits per heavy atom. The molecule has 0 spiro atoms. The van der Waals surface area contributed by atoms with Gasteiger partial charge in [-0.05, 0) is 11.6 Å². The van der Waals surface area contributed by atoms with Crippen molar-refractivity contribution in [3.8, 4) is 0 Å². The topological polar surface area (TPSA) is 9.23 Å². The molecular formula is C8H8OS. The van der Waals surface area contributed by atoms with E-state index in [4.69, 9.17) is 0 Å². The molecule has 2 heteroatoms. The Kier molecular flexibility index (Phi) is 2.90. The molecule has 0 aliphatic rings. The first-order valence-corrected chi connectivity index (χ1v) is 3.32. The van der Waals surface area contributed by atoms with Crippen LogP contribution < -0.4 is 0 Å². The molecule has 0 aliphatic carbocycles. The number of rotatable bonds is 2. The molecule has 1 nitrogen and oxygen atoms in total. The van der Waals surface area contributed by atoms with Gasteiger partial charge < -0.3 is 4.18 Å². The van der Waals surface area contributed by atoms with Crippen LogP contribution in [0.1, 0.15) is 5.56 Å². The second kappa shape index (κ2) is 4.01. The first-order valence-electron chi connectivity index (χ1n) is 2.95. The second-order valence-electron chi connectivity index (χ2n) is 1.82. The number of hydrogen-bond acceptors (Lipinski definition) is 2. The predicted molar refractivity (Wildman–Crippen MR) is 45.5 cm³/mol. The first kappa shape index (κ1) is 7.22. The molecule has 0 atom stereocenters. The van der Waals surface area contributed by atoms with E-state index in [9.17, 15) is 0 Å². The molecule has 0 radical (unpaired) electrons. The summed E-state index contributed by atoms with van der Waals surface area (Å²) in [5.74, 6) is 0. The molecule has 0 heterocycles. The summed E-state index contributed by atoms with van der Waals surface area (Å²) in [4.78, 5) is 0. The molecule has 0 fully saturated rings. The lowest BCUT2D eigenvalue weighted by atomic mass is 10.2. The van der Waals surface area contributed by atoms with Gasteiger partial charge in [-0.3, -0.25) is 0 Å². The third kappa shape index (κ3) is 2.15. The van der Waals surface area contributed by atoms with E-state index in [1.807, 2.05) is 36.4 Å². The molecule has 0 N–H and O–H groups in total. The summed E-state index contributed by atoms with van der Waals surface area (Å²) >= 11 is 3.56. The van der Waals surface area contributed by atoms with Crippen LogP contribution in [0.2, 0.25) is 0 Å². The van der Waals surface area contributed by atoms with E-state index < -0.39 is 0 Å². The quantitative estimate of drug-likeness (QED) is 0.389. The minimum Gasteiger partial charge on any atom is -0.437 e. The van der Waals surface area contributed by atoms with Gasteiger partial charge in [-0.15, -0.1) is 0 Å². The van der Waals surface area contributed by atoms with E-state index >= 15 is 0 Å². The molecule has 10 heavy (non-hydrogen) atoms. The van der Waals surface area contributed by atoms with Crippen LogP contribution in [0, 0.1) is 0 Å². The van der Waals surface area contributed by atoms with Crippen molar-refractivity contribution in [2.45, 2.75) is 0 Å². The summed E-state index contributed by atoms with van der Waals surface area (Å²) in [5.41, 5.74) is 1.11. The van der Waals surface area contributed by atoms with E-state index in [-0.39, 0.29) is 0 Å². The fraction of sp³-hybridized carbons (Fsp3) is 0. The van der Waals surface area contributed by atoms with E-state index in [0.717, 1.165) is 5.56 Å². The largest absolute Gasteiger partial charge is 0.437 e. The molecule has 0 unspecified atom stereocenters. The van der Waals surface area contributed by atoms with Crippen molar-refractivity contribution in [3.63, 3.8) is 0 Å². The summed E-state index contributed by atoms with van der Waals surface area (Å²) in [6.07, 6.45) is 3.37. The molecule has 0 aliphatic heterocycles. The van der Waals surface area contributed by atoms with Crippen molar-refractivity contribution in [1.29, 1.82) is 0 Å². The van der Waals surface area contributed by atoms with Gasteiger partial charge in [0.1, 0.15) is 6.26 Å². The molecule has 52 valence electrons. The zero-order valence-electron chi connectivity index (χ0n) is 5.40. The monoisotopic (exact) mass is 152 g/mol. The minimum atomic E-state index is 1.11. The smallest absolute Gasteiger partial charge is 0.101 e. The highest BCUT2D eigenvalue weighted by molar-refractivity contribution is 7.75. The highest BCUT2D eigenvalue weighted by atomic mass is 32.1. The lowest BCUT2D eigenvalue weighted by Crippen LogP contribution is -1.67. The number of thiol groups is 1. The Morgan fingerprint density at radius 1 is 1.20 bits per heavy atom. The summed E-state index contributed by atoms with van der Waals surface area (Å²) in [5, 5.41) is 0. The Morgan fingerprint density at radius 3 is 2.50 bits per heavy atom. The van der Waals surface area contributed by atoms with Crippen LogP contribution in [-0.2, 0) is 4.18 Å². The normalized spacial score (nSPS) is 10.1. The first-order chi connectivity index (χ1) is 4.93. The third-order valence-electron chi connectivity index (χ3n) is 1.12. The molecule has 0 bridgehead atoms. The molecule has 0 aromatic heterocycles. The summed E-state index contributed by atoms with van der Waals surface area (Å²) in [6, 6.07) is 9.89. The van der Waals surface area contributed by atoms with Gasteiger partial charge in [-0.25, -0.2) is 0 Å². The van der Waals surface area contributed by atoms with Crippen molar-refractivity contribution in [2.24, 2.45) is 0 Å². The van der Waals surface area contributed by atoms with Crippen molar-refractivity contribution < 1.29 is 4.18 Å². The van der Waals surface area contributed by atoms with Crippen LogP contribution in [0.4, 0.5) is 0 Å². The highest BCUT2D eigenvalue weighted by Gasteiger charge is 1.79. The van der Waals surface area contributed by atoms with Gasteiger partial charge in [0, 0.05) is 12.9 Å². The molecule has 0 amide bonds. The Balaban J connectivity index is 2.67. The van der Waals surface area contributed by atoms with E-state index in [0.29, 0.717) is 0 Å². The van der Waals surface area contributed by atoms with Crippen LogP contribution >= 0.6 is 12.9 Å². The van der Waals surface area contributed by atoms with Crippen molar-refractivity contribution in [3.05, 3.63) is 42.2 Å². The average molecular weight is 152 g/mol. The summed E-state index contributed by atoms with van der Waals surface area (Å²) < 4.78 is 4.46. The Hall–Kier alpha value is -0.890. The van der Waals surface area contributed by atoms with Crippen LogP contribution in [0.5, 0.6) is 0 Å². The zero-order chi connectivity index (χ0) is 7.23. The fourth-order valence-corrected chi connectivity index (χ4v) is 0.734. The van der Waals surface area contributed by atoms with Gasteiger partial charge >= 0.3 is 0 Å². The fourth-order valence-electron chi connectivity index (χ4n) is 0.673. The van der Waals surface area contributed by atoms with Gasteiger partial charge in [0.2, 0.25) is 0 Å². The lowest BCUT2D eigenvalue weighted by molar-refractivity contribution is 0.583. The second-order valence-corrected chi connectivity index (χ2v) is 2.03. The van der Waals surface area contributed by atoms with Gasteiger partial charge in [-0.1, -0.05) is 30.3 Å². The highest BCUT2D eigenvalue weighted by Crippen LogP contribution is 2.00. The maximum absolute atomic E-state index is 4.46. The molecule has 0 saturated heterocycles. The molecular weight excluding hydrogens is 144 g/mol.